The topological polar surface area (TPSA) is 51.2 Å². The van der Waals surface area contributed by atoms with E-state index in [0.29, 0.717) is 6.54 Å². The van der Waals surface area contributed by atoms with Crippen molar-refractivity contribution in [1.82, 2.24) is 10.3 Å². The Hall–Kier alpha value is -0.940. The quantitative estimate of drug-likeness (QED) is 0.760. The lowest BCUT2D eigenvalue weighted by Crippen LogP contribution is -2.23. The molecular formula is C9H14N2O2S. The summed E-state index contributed by atoms with van der Waals surface area (Å²) in [7, 11) is 1.38. The highest BCUT2D eigenvalue weighted by Gasteiger charge is 2.05. The van der Waals surface area contributed by atoms with Gasteiger partial charge < -0.3 is 10.1 Å². The molecule has 1 heterocycles. The van der Waals surface area contributed by atoms with Gasteiger partial charge in [0, 0.05) is 11.4 Å². The molecule has 0 fully saturated rings. The second-order valence-corrected chi connectivity index (χ2v) is 4.21. The fourth-order valence-corrected chi connectivity index (χ4v) is 1.99. The maximum absolute atomic E-state index is 10.8. The predicted octanol–water partition coefficient (Wildman–Crippen LogP) is 1.02. The third-order valence-electron chi connectivity index (χ3n) is 1.78. The second-order valence-electron chi connectivity index (χ2n) is 2.92. The summed E-state index contributed by atoms with van der Waals surface area (Å²) >= 11 is 1.65. The summed E-state index contributed by atoms with van der Waals surface area (Å²) < 4.78 is 4.51. The molecule has 0 atom stereocenters. The average molecular weight is 214 g/mol. The van der Waals surface area contributed by atoms with Crippen molar-refractivity contribution in [3.63, 3.8) is 0 Å². The molecule has 0 bridgehead atoms. The molecule has 0 spiro atoms. The van der Waals surface area contributed by atoms with Crippen molar-refractivity contribution in [2.75, 3.05) is 13.7 Å². The molecule has 1 N–H and O–H groups in total. The van der Waals surface area contributed by atoms with Gasteiger partial charge in [-0.05, 0) is 13.8 Å². The van der Waals surface area contributed by atoms with Crippen LogP contribution in [0.25, 0.3) is 0 Å². The van der Waals surface area contributed by atoms with Gasteiger partial charge >= 0.3 is 5.97 Å². The van der Waals surface area contributed by atoms with E-state index in [1.807, 2.05) is 13.8 Å². The van der Waals surface area contributed by atoms with Crippen LogP contribution < -0.4 is 5.32 Å². The van der Waals surface area contributed by atoms with Crippen molar-refractivity contribution >= 4 is 17.3 Å². The lowest BCUT2D eigenvalue weighted by molar-refractivity contribution is -0.139. The lowest BCUT2D eigenvalue weighted by Gasteiger charge is -2.01. The van der Waals surface area contributed by atoms with E-state index < -0.39 is 0 Å². The van der Waals surface area contributed by atoms with E-state index in [4.69, 9.17) is 0 Å². The maximum Gasteiger partial charge on any atom is 0.319 e. The van der Waals surface area contributed by atoms with Crippen LogP contribution in [0, 0.1) is 13.8 Å². The first-order valence-electron chi connectivity index (χ1n) is 4.34. The zero-order valence-corrected chi connectivity index (χ0v) is 9.40. The first-order valence-corrected chi connectivity index (χ1v) is 5.15. The summed E-state index contributed by atoms with van der Waals surface area (Å²) in [6.45, 7) is 4.86. The number of ether oxygens (including phenoxy) is 1. The number of thiazole rings is 1. The van der Waals surface area contributed by atoms with E-state index in [1.54, 1.807) is 11.3 Å². The maximum atomic E-state index is 10.8. The van der Waals surface area contributed by atoms with E-state index in [1.165, 1.54) is 12.0 Å². The lowest BCUT2D eigenvalue weighted by atomic mass is 10.4. The smallest absolute Gasteiger partial charge is 0.319 e. The Bertz CT molecular complexity index is 323. The van der Waals surface area contributed by atoms with Crippen molar-refractivity contribution in [1.29, 1.82) is 0 Å². The van der Waals surface area contributed by atoms with Gasteiger partial charge in [0.25, 0.3) is 0 Å². The third kappa shape index (κ3) is 3.08. The van der Waals surface area contributed by atoms with Crippen LogP contribution in [0.3, 0.4) is 0 Å². The molecule has 0 aliphatic rings. The molecule has 0 radical (unpaired) electrons. The molecule has 0 aliphatic carbocycles. The number of aryl methyl sites for hydroxylation is 2. The van der Waals surface area contributed by atoms with Crippen LogP contribution in [-0.4, -0.2) is 24.6 Å². The Kier molecular flexibility index (Phi) is 4.03. The third-order valence-corrected chi connectivity index (χ3v) is 2.86. The number of nitrogens with zero attached hydrogens (tertiary/aromatic N) is 1. The monoisotopic (exact) mass is 214 g/mol. The Labute approximate surface area is 87.3 Å². The molecule has 0 unspecified atom stereocenters. The average Bonchev–Trinajstić information content (AvgIpc) is 2.45. The van der Waals surface area contributed by atoms with Crippen LogP contribution in [0.5, 0.6) is 0 Å². The Balaban J connectivity index is 2.38. The van der Waals surface area contributed by atoms with Crippen LogP contribution in [0.2, 0.25) is 0 Å². The Morgan fingerprint density at radius 2 is 2.29 bits per heavy atom. The standard InChI is InChI=1S/C9H14N2O2S/c1-6-8(14-7(2)11-6)4-10-5-9(12)13-3/h10H,4-5H2,1-3H3. The van der Waals surface area contributed by atoms with Gasteiger partial charge in [-0.2, -0.15) is 0 Å². The normalized spacial score (nSPS) is 10.2. The minimum atomic E-state index is -0.246. The van der Waals surface area contributed by atoms with E-state index in [0.717, 1.165) is 10.7 Å². The molecule has 0 aromatic carbocycles. The van der Waals surface area contributed by atoms with Gasteiger partial charge in [0.15, 0.2) is 0 Å². The fourth-order valence-electron chi connectivity index (χ4n) is 1.09. The van der Waals surface area contributed by atoms with E-state index in [9.17, 15) is 4.79 Å². The SMILES string of the molecule is COC(=O)CNCc1sc(C)nc1C. The number of esters is 1. The summed E-state index contributed by atoms with van der Waals surface area (Å²) in [5, 5.41) is 4.06. The summed E-state index contributed by atoms with van der Waals surface area (Å²) in [5.41, 5.74) is 1.03. The van der Waals surface area contributed by atoms with Crippen LogP contribution in [-0.2, 0) is 16.1 Å². The number of rotatable bonds is 4. The Morgan fingerprint density at radius 3 is 2.79 bits per heavy atom. The number of hydrogen-bond acceptors (Lipinski definition) is 5. The molecule has 78 valence electrons. The van der Waals surface area contributed by atoms with Crippen LogP contribution in [0.1, 0.15) is 15.6 Å². The number of carbonyl (C=O) groups is 1. The molecule has 1 aromatic rings. The van der Waals surface area contributed by atoms with Crippen molar-refractivity contribution < 1.29 is 9.53 Å². The van der Waals surface area contributed by atoms with Crippen LogP contribution in [0.4, 0.5) is 0 Å². The first kappa shape index (κ1) is 11.1. The molecular weight excluding hydrogens is 200 g/mol. The van der Waals surface area contributed by atoms with E-state index in [-0.39, 0.29) is 12.5 Å². The molecule has 0 amide bonds. The zero-order valence-electron chi connectivity index (χ0n) is 8.59. The number of hydrogen-bond donors (Lipinski definition) is 1. The molecule has 14 heavy (non-hydrogen) atoms. The number of nitrogens with one attached hydrogen (secondary N) is 1. The van der Waals surface area contributed by atoms with Crippen molar-refractivity contribution in [2.45, 2.75) is 20.4 Å². The summed E-state index contributed by atoms with van der Waals surface area (Å²) in [4.78, 5) is 16.3. The molecule has 1 aromatic heterocycles. The van der Waals surface area contributed by atoms with Gasteiger partial charge in [0.1, 0.15) is 0 Å². The van der Waals surface area contributed by atoms with E-state index >= 15 is 0 Å². The van der Waals surface area contributed by atoms with E-state index in [2.05, 4.69) is 15.0 Å². The number of methoxy groups -OCH3 is 1. The van der Waals surface area contributed by atoms with Gasteiger partial charge in [-0.15, -0.1) is 11.3 Å². The highest BCUT2D eigenvalue weighted by atomic mass is 32.1. The zero-order chi connectivity index (χ0) is 10.6. The molecule has 0 aliphatic heterocycles. The van der Waals surface area contributed by atoms with Gasteiger partial charge in [-0.25, -0.2) is 4.98 Å². The van der Waals surface area contributed by atoms with Gasteiger partial charge in [0.05, 0.1) is 24.4 Å². The van der Waals surface area contributed by atoms with Crippen LogP contribution >= 0.6 is 11.3 Å². The van der Waals surface area contributed by atoms with Crippen molar-refractivity contribution in [3.8, 4) is 0 Å². The predicted molar refractivity (Wildman–Crippen MR) is 55.3 cm³/mol. The Morgan fingerprint density at radius 1 is 1.57 bits per heavy atom. The minimum Gasteiger partial charge on any atom is -0.468 e. The van der Waals surface area contributed by atoms with Crippen molar-refractivity contribution in [2.24, 2.45) is 0 Å². The van der Waals surface area contributed by atoms with Gasteiger partial charge in [-0.3, -0.25) is 4.79 Å². The summed E-state index contributed by atoms with van der Waals surface area (Å²) in [6.07, 6.45) is 0. The summed E-state index contributed by atoms with van der Waals surface area (Å²) in [6, 6.07) is 0. The first-order chi connectivity index (χ1) is 6.63. The molecule has 0 saturated heterocycles. The highest BCUT2D eigenvalue weighted by Crippen LogP contribution is 2.16. The number of carbonyl (C=O) groups excluding carboxylic acids is 1. The minimum absolute atomic E-state index is 0.243. The van der Waals surface area contributed by atoms with Crippen molar-refractivity contribution in [3.05, 3.63) is 15.6 Å². The number of aromatic nitrogens is 1. The fraction of sp³-hybridized carbons (Fsp3) is 0.556. The molecule has 0 saturated carbocycles. The molecule has 5 heteroatoms. The molecule has 1 rings (SSSR count). The largest absolute Gasteiger partial charge is 0.468 e. The van der Waals surface area contributed by atoms with Crippen LogP contribution in [0.15, 0.2) is 0 Å². The second kappa shape index (κ2) is 5.07. The van der Waals surface area contributed by atoms with Gasteiger partial charge in [0.2, 0.25) is 0 Å². The molecule has 4 nitrogen and oxygen atoms in total. The van der Waals surface area contributed by atoms with Gasteiger partial charge in [-0.1, -0.05) is 0 Å². The highest BCUT2D eigenvalue weighted by molar-refractivity contribution is 7.11. The summed E-state index contributed by atoms with van der Waals surface area (Å²) in [5.74, 6) is -0.246.